The van der Waals surface area contributed by atoms with Gasteiger partial charge in [0.2, 0.25) is 0 Å². The molecule has 0 aliphatic carbocycles. The second-order valence-electron chi connectivity index (χ2n) is 6.40. The minimum atomic E-state index is -0.0591. The van der Waals surface area contributed by atoms with Gasteiger partial charge in [-0.3, -0.25) is 4.79 Å². The van der Waals surface area contributed by atoms with Crippen molar-refractivity contribution in [1.29, 1.82) is 0 Å². The molecule has 1 amide bonds. The quantitative estimate of drug-likeness (QED) is 0.723. The summed E-state index contributed by atoms with van der Waals surface area (Å²) in [6, 6.07) is 11.6. The molecule has 7 nitrogen and oxygen atoms in total. The van der Waals surface area contributed by atoms with Gasteiger partial charge in [-0.1, -0.05) is 17.3 Å². The maximum Gasteiger partial charge on any atom is 0.251 e. The molecule has 3 aromatic rings. The number of carbonyl (C=O) groups is 1. The summed E-state index contributed by atoms with van der Waals surface area (Å²) in [6.07, 6.45) is 4.25. The number of hydrogen-bond acceptors (Lipinski definition) is 5. The van der Waals surface area contributed by atoms with E-state index in [-0.39, 0.29) is 5.91 Å². The third-order valence-electron chi connectivity index (χ3n) is 4.78. The summed E-state index contributed by atoms with van der Waals surface area (Å²) >= 11 is 0. The fraction of sp³-hybridized carbons (Fsp3) is 0.250. The standard InChI is InChI=1S/C20H21N5O2/c1-27-19-7-6-17(16-8-9-21-13-18(16)19)20(26)22-12-14-2-4-15(5-3-14)25-11-10-23-24-25/h2-7,10-11,21H,8-9,12-13H2,1H3,(H,22,26). The van der Waals surface area contributed by atoms with Gasteiger partial charge in [-0.2, -0.15) is 0 Å². The molecule has 138 valence electrons. The van der Waals surface area contributed by atoms with Gasteiger partial charge in [-0.15, -0.1) is 5.10 Å². The van der Waals surface area contributed by atoms with E-state index in [2.05, 4.69) is 20.9 Å². The van der Waals surface area contributed by atoms with Crippen LogP contribution in [-0.4, -0.2) is 34.6 Å². The first-order chi connectivity index (χ1) is 13.3. The van der Waals surface area contributed by atoms with Gasteiger partial charge in [-0.25, -0.2) is 4.68 Å². The third kappa shape index (κ3) is 3.54. The molecule has 0 unspecified atom stereocenters. The number of hydrogen-bond donors (Lipinski definition) is 2. The van der Waals surface area contributed by atoms with Crippen molar-refractivity contribution in [3.05, 3.63) is 71.0 Å². The molecule has 1 aromatic heterocycles. The first-order valence-corrected chi connectivity index (χ1v) is 8.89. The lowest BCUT2D eigenvalue weighted by molar-refractivity contribution is 0.0949. The largest absolute Gasteiger partial charge is 0.496 e. The van der Waals surface area contributed by atoms with Crippen molar-refractivity contribution >= 4 is 5.91 Å². The Hall–Kier alpha value is -3.19. The van der Waals surface area contributed by atoms with Crippen LogP contribution in [0.15, 0.2) is 48.8 Å². The maximum absolute atomic E-state index is 12.7. The molecule has 2 aromatic carbocycles. The van der Waals surface area contributed by atoms with Crippen LogP contribution >= 0.6 is 0 Å². The molecule has 0 radical (unpaired) electrons. The zero-order valence-electron chi connectivity index (χ0n) is 15.1. The van der Waals surface area contributed by atoms with E-state index in [1.165, 1.54) is 0 Å². The highest BCUT2D eigenvalue weighted by Gasteiger charge is 2.20. The van der Waals surface area contributed by atoms with E-state index in [0.717, 1.165) is 53.2 Å². The molecule has 4 rings (SSSR count). The second kappa shape index (κ2) is 7.59. The third-order valence-corrected chi connectivity index (χ3v) is 4.78. The molecular weight excluding hydrogens is 342 g/mol. The molecule has 7 heteroatoms. The molecule has 0 bridgehead atoms. The van der Waals surface area contributed by atoms with Crippen molar-refractivity contribution in [3.8, 4) is 11.4 Å². The Morgan fingerprint density at radius 2 is 2.07 bits per heavy atom. The van der Waals surface area contributed by atoms with Crippen LogP contribution in [-0.2, 0) is 19.5 Å². The zero-order valence-corrected chi connectivity index (χ0v) is 15.1. The van der Waals surface area contributed by atoms with Crippen LogP contribution in [0, 0.1) is 0 Å². The summed E-state index contributed by atoms with van der Waals surface area (Å²) in [4.78, 5) is 12.7. The Kier molecular flexibility index (Phi) is 4.84. The summed E-state index contributed by atoms with van der Waals surface area (Å²) in [5, 5.41) is 14.1. The predicted molar refractivity (Wildman–Crippen MR) is 101 cm³/mol. The highest BCUT2D eigenvalue weighted by atomic mass is 16.5. The normalized spacial score (nSPS) is 13.1. The summed E-state index contributed by atoms with van der Waals surface area (Å²) < 4.78 is 7.13. The molecule has 0 fully saturated rings. The van der Waals surface area contributed by atoms with E-state index in [0.29, 0.717) is 6.54 Å². The lowest BCUT2D eigenvalue weighted by Crippen LogP contribution is -2.29. The zero-order chi connectivity index (χ0) is 18.6. The average Bonchev–Trinajstić information content (AvgIpc) is 3.26. The van der Waals surface area contributed by atoms with E-state index in [9.17, 15) is 4.79 Å². The Morgan fingerprint density at radius 3 is 2.81 bits per heavy atom. The van der Waals surface area contributed by atoms with Gasteiger partial charge in [0, 0.05) is 24.2 Å². The highest BCUT2D eigenvalue weighted by molar-refractivity contribution is 5.96. The molecule has 1 aliphatic rings. The number of benzene rings is 2. The van der Waals surface area contributed by atoms with E-state index >= 15 is 0 Å². The number of nitrogens with one attached hydrogen (secondary N) is 2. The first kappa shape index (κ1) is 17.2. The Bertz CT molecular complexity index is 936. The van der Waals surface area contributed by atoms with Gasteiger partial charge in [0.25, 0.3) is 5.91 Å². The maximum atomic E-state index is 12.7. The number of amides is 1. The van der Waals surface area contributed by atoms with Crippen molar-refractivity contribution in [2.24, 2.45) is 0 Å². The predicted octanol–water partition coefficient (Wildman–Crippen LogP) is 1.85. The van der Waals surface area contributed by atoms with Crippen LogP contribution < -0.4 is 15.4 Å². The fourth-order valence-electron chi connectivity index (χ4n) is 3.37. The van der Waals surface area contributed by atoms with Gasteiger partial charge >= 0.3 is 0 Å². The van der Waals surface area contributed by atoms with Crippen molar-refractivity contribution in [3.63, 3.8) is 0 Å². The van der Waals surface area contributed by atoms with Crippen LogP contribution in [0.5, 0.6) is 5.75 Å². The summed E-state index contributed by atoms with van der Waals surface area (Å²) in [5.41, 5.74) is 4.84. The molecule has 0 saturated carbocycles. The minimum absolute atomic E-state index is 0.0591. The fourth-order valence-corrected chi connectivity index (χ4v) is 3.37. The van der Waals surface area contributed by atoms with Crippen LogP contribution in [0.4, 0.5) is 0 Å². The van der Waals surface area contributed by atoms with E-state index < -0.39 is 0 Å². The molecule has 1 aliphatic heterocycles. The summed E-state index contributed by atoms with van der Waals surface area (Å²) in [7, 11) is 1.66. The van der Waals surface area contributed by atoms with Gasteiger partial charge in [0.15, 0.2) is 0 Å². The molecular formula is C20H21N5O2. The number of ether oxygens (including phenoxy) is 1. The Labute approximate surface area is 157 Å². The lowest BCUT2D eigenvalue weighted by Gasteiger charge is -2.22. The lowest BCUT2D eigenvalue weighted by atomic mass is 9.94. The van der Waals surface area contributed by atoms with Crippen LogP contribution in [0.2, 0.25) is 0 Å². The van der Waals surface area contributed by atoms with Gasteiger partial charge < -0.3 is 15.4 Å². The molecule has 0 atom stereocenters. The SMILES string of the molecule is COc1ccc(C(=O)NCc2ccc(-n3ccnn3)cc2)c2c1CNCC2. The molecule has 0 spiro atoms. The molecule has 0 saturated heterocycles. The molecule has 27 heavy (non-hydrogen) atoms. The number of nitrogens with zero attached hydrogens (tertiary/aromatic N) is 3. The minimum Gasteiger partial charge on any atom is -0.496 e. The van der Waals surface area contributed by atoms with Crippen molar-refractivity contribution in [1.82, 2.24) is 25.6 Å². The number of carbonyl (C=O) groups excluding carboxylic acids is 1. The van der Waals surface area contributed by atoms with E-state index in [1.807, 2.05) is 36.4 Å². The monoisotopic (exact) mass is 363 g/mol. The van der Waals surface area contributed by atoms with Crippen LogP contribution in [0.3, 0.4) is 0 Å². The van der Waals surface area contributed by atoms with Gasteiger partial charge in [0.05, 0.1) is 25.2 Å². The van der Waals surface area contributed by atoms with Gasteiger partial charge in [-0.05, 0) is 48.4 Å². The highest BCUT2D eigenvalue weighted by Crippen LogP contribution is 2.28. The number of rotatable bonds is 5. The van der Waals surface area contributed by atoms with Crippen molar-refractivity contribution in [2.45, 2.75) is 19.5 Å². The van der Waals surface area contributed by atoms with Crippen LogP contribution in [0.1, 0.15) is 27.0 Å². The smallest absolute Gasteiger partial charge is 0.251 e. The number of fused-ring (bicyclic) bond motifs is 1. The van der Waals surface area contributed by atoms with Crippen LogP contribution in [0.25, 0.3) is 5.69 Å². The Morgan fingerprint density at radius 1 is 1.22 bits per heavy atom. The van der Waals surface area contributed by atoms with Crippen molar-refractivity contribution < 1.29 is 9.53 Å². The summed E-state index contributed by atoms with van der Waals surface area (Å²) in [5.74, 6) is 0.772. The topological polar surface area (TPSA) is 81.1 Å². The van der Waals surface area contributed by atoms with Gasteiger partial charge in [0.1, 0.15) is 5.75 Å². The van der Waals surface area contributed by atoms with E-state index in [4.69, 9.17) is 4.74 Å². The van der Waals surface area contributed by atoms with Crippen molar-refractivity contribution in [2.75, 3.05) is 13.7 Å². The Balaban J connectivity index is 1.47. The number of aromatic nitrogens is 3. The summed E-state index contributed by atoms with van der Waals surface area (Å²) in [6.45, 7) is 2.06. The second-order valence-corrected chi connectivity index (χ2v) is 6.40. The molecule has 2 heterocycles. The molecule has 2 N–H and O–H groups in total. The average molecular weight is 363 g/mol. The van der Waals surface area contributed by atoms with E-state index in [1.54, 1.807) is 24.2 Å². The first-order valence-electron chi connectivity index (χ1n) is 8.89. The number of methoxy groups -OCH3 is 1.